The van der Waals surface area contributed by atoms with E-state index >= 15 is 0 Å². The van der Waals surface area contributed by atoms with Gasteiger partial charge in [0.1, 0.15) is 11.6 Å². The van der Waals surface area contributed by atoms with Gasteiger partial charge in [-0.3, -0.25) is 9.59 Å². The highest BCUT2D eigenvalue weighted by Crippen LogP contribution is 2.20. The van der Waals surface area contributed by atoms with Crippen LogP contribution in [0.3, 0.4) is 0 Å². The molecule has 4 N–H and O–H groups in total. The highest BCUT2D eigenvalue weighted by molar-refractivity contribution is 5.98. The number of primary amides is 1. The van der Waals surface area contributed by atoms with Gasteiger partial charge in [0.15, 0.2) is 0 Å². The summed E-state index contributed by atoms with van der Waals surface area (Å²) in [7, 11) is 0. The third-order valence-corrected chi connectivity index (χ3v) is 3.21. The third kappa shape index (κ3) is 3.11. The van der Waals surface area contributed by atoms with Crippen LogP contribution in [0.5, 0.6) is 0 Å². The summed E-state index contributed by atoms with van der Waals surface area (Å²) in [4.78, 5) is 22.9. The average Bonchev–Trinajstić information content (AvgIpc) is 2.42. The van der Waals surface area contributed by atoms with Crippen molar-refractivity contribution in [2.45, 2.75) is 25.3 Å². The first-order chi connectivity index (χ1) is 9.49. The van der Waals surface area contributed by atoms with E-state index in [1.165, 1.54) is 0 Å². The number of rotatable bonds is 3. The Balaban J connectivity index is 2.18. The molecule has 0 unspecified atom stereocenters. The van der Waals surface area contributed by atoms with Crippen LogP contribution in [0.25, 0.3) is 0 Å². The summed E-state index contributed by atoms with van der Waals surface area (Å²) < 4.78 is 26.9. The summed E-state index contributed by atoms with van der Waals surface area (Å²) >= 11 is 0. The standard InChI is InChI=1S/C13H15F2N3O2/c14-8-6-9(15)11(5-7(8)12(16)19)18-13(20)10-3-1-2-4-17-10/h5-6,10,17H,1-4H2,(H2,16,19)(H,18,20)/t10-/m0/s1. The molecule has 108 valence electrons. The lowest BCUT2D eigenvalue weighted by Crippen LogP contribution is -2.43. The van der Waals surface area contributed by atoms with Crippen molar-refractivity contribution in [2.75, 3.05) is 11.9 Å². The second-order valence-electron chi connectivity index (χ2n) is 4.67. The minimum absolute atomic E-state index is 0.252. The molecule has 7 heteroatoms. The minimum atomic E-state index is -1.05. The van der Waals surface area contributed by atoms with Crippen molar-refractivity contribution < 1.29 is 18.4 Å². The number of nitrogens with two attached hydrogens (primary N) is 1. The first-order valence-corrected chi connectivity index (χ1v) is 6.32. The average molecular weight is 283 g/mol. The molecule has 0 aliphatic carbocycles. The number of piperidine rings is 1. The lowest BCUT2D eigenvalue weighted by Gasteiger charge is -2.22. The zero-order valence-electron chi connectivity index (χ0n) is 10.7. The van der Waals surface area contributed by atoms with E-state index in [4.69, 9.17) is 5.73 Å². The molecule has 0 saturated carbocycles. The summed E-state index contributed by atoms with van der Waals surface area (Å²) in [5.74, 6) is -3.43. The largest absolute Gasteiger partial charge is 0.366 e. The summed E-state index contributed by atoms with van der Waals surface area (Å²) in [5, 5.41) is 5.36. The molecule has 1 heterocycles. The molecule has 1 aromatic rings. The molecule has 5 nitrogen and oxygen atoms in total. The molecule has 0 radical (unpaired) electrons. The van der Waals surface area contributed by atoms with E-state index in [2.05, 4.69) is 10.6 Å². The van der Waals surface area contributed by atoms with Crippen LogP contribution in [0.1, 0.15) is 29.6 Å². The number of halogens is 2. The highest BCUT2D eigenvalue weighted by atomic mass is 19.1. The van der Waals surface area contributed by atoms with Crippen LogP contribution >= 0.6 is 0 Å². The van der Waals surface area contributed by atoms with Crippen molar-refractivity contribution in [3.8, 4) is 0 Å². The van der Waals surface area contributed by atoms with Crippen molar-refractivity contribution >= 4 is 17.5 Å². The van der Waals surface area contributed by atoms with E-state index in [0.29, 0.717) is 12.5 Å². The summed E-state index contributed by atoms with van der Waals surface area (Å²) in [5.41, 5.74) is 4.27. The van der Waals surface area contributed by atoms with E-state index in [1.807, 2.05) is 0 Å². The van der Waals surface area contributed by atoms with E-state index in [-0.39, 0.29) is 5.69 Å². The van der Waals surface area contributed by atoms with Gasteiger partial charge >= 0.3 is 0 Å². The molecule has 0 spiro atoms. The second kappa shape index (κ2) is 5.96. The monoisotopic (exact) mass is 283 g/mol. The molecule has 0 bridgehead atoms. The van der Waals surface area contributed by atoms with E-state index in [0.717, 1.165) is 25.5 Å². The zero-order valence-corrected chi connectivity index (χ0v) is 10.7. The summed E-state index contributed by atoms with van der Waals surface area (Å²) in [6, 6.07) is 1.03. The molecule has 2 rings (SSSR count). The van der Waals surface area contributed by atoms with Crippen LogP contribution in [-0.2, 0) is 4.79 Å². The van der Waals surface area contributed by atoms with Gasteiger partial charge in [0, 0.05) is 6.07 Å². The number of hydrogen-bond donors (Lipinski definition) is 3. The van der Waals surface area contributed by atoms with E-state index < -0.39 is 35.1 Å². The Hall–Kier alpha value is -2.02. The number of amides is 2. The maximum atomic E-state index is 13.6. The van der Waals surface area contributed by atoms with Crippen LogP contribution in [0.15, 0.2) is 12.1 Å². The molecule has 1 aliphatic heterocycles. The quantitative estimate of drug-likeness (QED) is 0.778. The molecule has 1 aliphatic rings. The highest BCUT2D eigenvalue weighted by Gasteiger charge is 2.22. The summed E-state index contributed by atoms with van der Waals surface area (Å²) in [6.45, 7) is 0.719. The van der Waals surface area contributed by atoms with E-state index in [1.54, 1.807) is 0 Å². The Morgan fingerprint density at radius 1 is 1.25 bits per heavy atom. The normalized spacial score (nSPS) is 18.6. The predicted octanol–water partition coefficient (Wildman–Crippen LogP) is 1.14. The lowest BCUT2D eigenvalue weighted by molar-refractivity contribution is -0.118. The van der Waals surface area contributed by atoms with Crippen LogP contribution in [0.2, 0.25) is 0 Å². The predicted molar refractivity (Wildman–Crippen MR) is 69.1 cm³/mol. The van der Waals surface area contributed by atoms with Crippen molar-refractivity contribution in [1.29, 1.82) is 0 Å². The fourth-order valence-electron chi connectivity index (χ4n) is 2.13. The third-order valence-electron chi connectivity index (χ3n) is 3.21. The molecule has 1 saturated heterocycles. The number of carbonyl (C=O) groups is 2. The molecule has 1 aromatic carbocycles. The Kier molecular flexibility index (Phi) is 4.29. The number of nitrogens with one attached hydrogen (secondary N) is 2. The van der Waals surface area contributed by atoms with Crippen molar-refractivity contribution in [2.24, 2.45) is 5.73 Å². The van der Waals surface area contributed by atoms with Gasteiger partial charge in [-0.1, -0.05) is 6.42 Å². The molecule has 0 aromatic heterocycles. The first-order valence-electron chi connectivity index (χ1n) is 6.32. The van der Waals surface area contributed by atoms with Gasteiger partial charge < -0.3 is 16.4 Å². The van der Waals surface area contributed by atoms with Crippen molar-refractivity contribution in [1.82, 2.24) is 5.32 Å². The lowest BCUT2D eigenvalue weighted by atomic mass is 10.0. The zero-order chi connectivity index (χ0) is 14.7. The Morgan fingerprint density at radius 3 is 2.60 bits per heavy atom. The van der Waals surface area contributed by atoms with Gasteiger partial charge in [-0.25, -0.2) is 8.78 Å². The van der Waals surface area contributed by atoms with Crippen molar-refractivity contribution in [3.05, 3.63) is 29.3 Å². The maximum Gasteiger partial charge on any atom is 0.251 e. The Bertz CT molecular complexity index is 543. The Labute approximate surface area is 114 Å². The topological polar surface area (TPSA) is 84.2 Å². The summed E-state index contributed by atoms with van der Waals surface area (Å²) in [6.07, 6.45) is 2.54. The van der Waals surface area contributed by atoms with Gasteiger partial charge in [-0.05, 0) is 25.5 Å². The number of carbonyl (C=O) groups excluding carboxylic acids is 2. The van der Waals surface area contributed by atoms with Crippen LogP contribution in [-0.4, -0.2) is 24.4 Å². The fraction of sp³-hybridized carbons (Fsp3) is 0.385. The number of anilines is 1. The van der Waals surface area contributed by atoms with Crippen LogP contribution < -0.4 is 16.4 Å². The minimum Gasteiger partial charge on any atom is -0.366 e. The number of hydrogen-bond acceptors (Lipinski definition) is 3. The van der Waals surface area contributed by atoms with Crippen LogP contribution in [0.4, 0.5) is 14.5 Å². The van der Waals surface area contributed by atoms with Gasteiger partial charge in [0.05, 0.1) is 17.3 Å². The molecule has 20 heavy (non-hydrogen) atoms. The van der Waals surface area contributed by atoms with Crippen molar-refractivity contribution in [3.63, 3.8) is 0 Å². The maximum absolute atomic E-state index is 13.6. The molecule has 1 atom stereocenters. The first kappa shape index (κ1) is 14.4. The van der Waals surface area contributed by atoms with Gasteiger partial charge in [-0.15, -0.1) is 0 Å². The Morgan fingerprint density at radius 2 is 2.00 bits per heavy atom. The van der Waals surface area contributed by atoms with E-state index in [9.17, 15) is 18.4 Å². The van der Waals surface area contributed by atoms with Crippen LogP contribution in [0, 0.1) is 11.6 Å². The second-order valence-corrected chi connectivity index (χ2v) is 4.67. The SMILES string of the molecule is NC(=O)c1cc(NC(=O)[C@@H]2CCCCN2)c(F)cc1F. The number of benzene rings is 1. The smallest absolute Gasteiger partial charge is 0.251 e. The van der Waals surface area contributed by atoms with Gasteiger partial charge in [0.2, 0.25) is 5.91 Å². The fourth-order valence-corrected chi connectivity index (χ4v) is 2.13. The van der Waals surface area contributed by atoms with Gasteiger partial charge in [-0.2, -0.15) is 0 Å². The molecule has 1 fully saturated rings. The molecule has 2 amide bonds. The van der Waals surface area contributed by atoms with Gasteiger partial charge in [0.25, 0.3) is 5.91 Å². The molecular formula is C13H15F2N3O2. The molecular weight excluding hydrogens is 268 g/mol.